The van der Waals surface area contributed by atoms with E-state index in [1.807, 2.05) is 0 Å². The van der Waals surface area contributed by atoms with Gasteiger partial charge < -0.3 is 14.6 Å². The Balaban J connectivity index is 3.58. The molecule has 0 spiro atoms. The molecule has 4 heteroatoms. The lowest BCUT2D eigenvalue weighted by Crippen LogP contribution is -2.27. The predicted octanol–water partition coefficient (Wildman–Crippen LogP) is 15.3. The van der Waals surface area contributed by atoms with Gasteiger partial charge in [-0.05, 0) is 89.9 Å². The van der Waals surface area contributed by atoms with Crippen LogP contribution < -0.4 is 0 Å². The number of aliphatic hydroxyl groups excluding tert-OH is 1. The average Bonchev–Trinajstić information content (AvgIpc) is 3.19. The molecule has 1 N–H and O–H groups in total. The third-order valence-corrected chi connectivity index (χ3v) is 9.39. The topological polar surface area (TPSA) is 55.8 Å². The molecule has 0 aliphatic carbocycles. The highest BCUT2D eigenvalue weighted by atomic mass is 16.6. The third kappa shape index (κ3) is 45.6. The highest BCUT2D eigenvalue weighted by Gasteiger charge is 2.13. The van der Waals surface area contributed by atoms with Gasteiger partial charge in [0.15, 0.2) is 0 Å². The van der Waals surface area contributed by atoms with Gasteiger partial charge in [0.2, 0.25) is 0 Å². The molecule has 55 heavy (non-hydrogen) atoms. The highest BCUT2D eigenvalue weighted by molar-refractivity contribution is 5.69. The van der Waals surface area contributed by atoms with Gasteiger partial charge in [-0.1, -0.05) is 195 Å². The molecule has 0 saturated carbocycles. The minimum atomic E-state index is -0.572. The van der Waals surface area contributed by atoms with Crippen molar-refractivity contribution < 1.29 is 19.4 Å². The van der Waals surface area contributed by atoms with Gasteiger partial charge in [-0.15, -0.1) is 0 Å². The Morgan fingerprint density at radius 1 is 0.455 bits per heavy atom. The summed E-state index contributed by atoms with van der Waals surface area (Å²) in [5.74, 6) is -0.261. The summed E-state index contributed by atoms with van der Waals surface area (Å²) in [5.41, 5.74) is 0. The van der Waals surface area contributed by atoms with E-state index < -0.39 is 6.10 Å². The first-order valence-corrected chi connectivity index (χ1v) is 22.8. The zero-order valence-corrected chi connectivity index (χ0v) is 35.9. The zero-order valence-electron chi connectivity index (χ0n) is 35.9. The van der Waals surface area contributed by atoms with Gasteiger partial charge >= 0.3 is 5.97 Å². The van der Waals surface area contributed by atoms with Crippen LogP contribution in [0.4, 0.5) is 0 Å². The smallest absolute Gasteiger partial charge is 0.306 e. The lowest BCUT2D eigenvalue weighted by molar-refractivity contribution is -0.154. The van der Waals surface area contributed by atoms with E-state index >= 15 is 0 Å². The van der Waals surface area contributed by atoms with E-state index in [9.17, 15) is 9.90 Å². The maximum Gasteiger partial charge on any atom is 0.306 e. The second-order valence-electron chi connectivity index (χ2n) is 14.7. The summed E-state index contributed by atoms with van der Waals surface area (Å²) >= 11 is 0. The monoisotopic (exact) mass is 763 g/mol. The third-order valence-electron chi connectivity index (χ3n) is 9.39. The first kappa shape index (κ1) is 52.3. The molecule has 0 aromatic carbocycles. The van der Waals surface area contributed by atoms with Gasteiger partial charge in [-0.3, -0.25) is 4.79 Å². The minimum absolute atomic E-state index is 0.201. The number of unbranched alkanes of at least 4 members (excludes halogenated alkanes) is 17. The van der Waals surface area contributed by atoms with Crippen molar-refractivity contribution in [3.8, 4) is 0 Å². The number of aliphatic hydroxyl groups is 1. The van der Waals surface area contributed by atoms with Crippen LogP contribution in [0.25, 0.3) is 0 Å². The van der Waals surface area contributed by atoms with Crippen molar-refractivity contribution in [2.75, 3.05) is 19.8 Å². The fourth-order valence-electron chi connectivity index (χ4n) is 6.02. The molecule has 0 saturated heterocycles. The van der Waals surface area contributed by atoms with Crippen LogP contribution in [0.1, 0.15) is 194 Å². The molecular formula is C51H86O4. The van der Waals surface area contributed by atoms with Crippen molar-refractivity contribution in [1.29, 1.82) is 0 Å². The molecule has 0 bridgehead atoms. The summed E-state index contributed by atoms with van der Waals surface area (Å²) in [5, 5.41) is 9.61. The van der Waals surface area contributed by atoms with Crippen molar-refractivity contribution >= 4 is 5.97 Å². The first-order valence-electron chi connectivity index (χ1n) is 22.8. The standard InChI is InChI=1S/C51H86O4/c1-3-5-7-9-11-13-15-17-19-21-23-25-26-27-28-30-32-34-36-38-40-42-44-46-51(53)55-50(48-52)49-54-47-45-43-41-39-37-35-33-31-29-24-22-20-18-16-14-12-10-8-6-4-2/h5,7,11,13,17-20,23,25,27-28,32,34,38,40,50,52H,3-4,6,8-10,12,14-16,21-22,24,26,29-31,33,35-37,39,41-49H2,1-2H3/b7-5-,13-11-,19-17-,20-18-,25-23-,28-27-,34-32-,40-38-. The summed E-state index contributed by atoms with van der Waals surface area (Å²) in [4.78, 5) is 12.2. The number of hydrogen-bond acceptors (Lipinski definition) is 4. The van der Waals surface area contributed by atoms with Crippen LogP contribution in [0.5, 0.6) is 0 Å². The van der Waals surface area contributed by atoms with Crippen molar-refractivity contribution in [2.45, 2.75) is 200 Å². The number of allylic oxidation sites excluding steroid dienone is 16. The van der Waals surface area contributed by atoms with Crippen LogP contribution in [0.2, 0.25) is 0 Å². The van der Waals surface area contributed by atoms with Crippen molar-refractivity contribution in [3.05, 3.63) is 97.2 Å². The number of carbonyl (C=O) groups excluding carboxylic acids is 1. The maximum atomic E-state index is 12.2. The Kier molecular flexibility index (Phi) is 45.1. The van der Waals surface area contributed by atoms with Crippen LogP contribution in [0, 0.1) is 0 Å². The molecule has 0 heterocycles. The molecule has 0 aliphatic rings. The van der Waals surface area contributed by atoms with Crippen LogP contribution in [-0.4, -0.2) is 37.0 Å². The van der Waals surface area contributed by atoms with E-state index in [2.05, 4.69) is 111 Å². The first-order chi connectivity index (χ1) is 27.2. The molecule has 1 unspecified atom stereocenters. The summed E-state index contributed by atoms with van der Waals surface area (Å²) in [6, 6.07) is 0. The number of rotatable bonds is 41. The van der Waals surface area contributed by atoms with Gasteiger partial charge in [-0.25, -0.2) is 0 Å². The van der Waals surface area contributed by atoms with Gasteiger partial charge in [0.1, 0.15) is 6.10 Å². The number of carbonyl (C=O) groups is 1. The van der Waals surface area contributed by atoms with Crippen LogP contribution in [0.3, 0.4) is 0 Å². The minimum Gasteiger partial charge on any atom is -0.457 e. The predicted molar refractivity (Wildman–Crippen MR) is 242 cm³/mol. The van der Waals surface area contributed by atoms with Crippen LogP contribution in [-0.2, 0) is 14.3 Å². The number of ether oxygens (including phenoxy) is 2. The molecule has 0 aromatic heterocycles. The second kappa shape index (κ2) is 47.5. The summed E-state index contributed by atoms with van der Waals surface area (Å²) in [7, 11) is 0. The average molecular weight is 763 g/mol. The van der Waals surface area contributed by atoms with Crippen molar-refractivity contribution in [2.24, 2.45) is 0 Å². The zero-order chi connectivity index (χ0) is 39.8. The van der Waals surface area contributed by atoms with E-state index in [0.717, 1.165) is 64.2 Å². The lowest BCUT2D eigenvalue weighted by atomic mass is 10.1. The summed E-state index contributed by atoms with van der Waals surface area (Å²) < 4.78 is 11.1. The lowest BCUT2D eigenvalue weighted by Gasteiger charge is -2.15. The Morgan fingerprint density at radius 2 is 0.818 bits per heavy atom. The van der Waals surface area contributed by atoms with E-state index in [1.165, 1.54) is 109 Å². The molecule has 0 amide bonds. The molecule has 0 aromatic rings. The quantitative estimate of drug-likeness (QED) is 0.0383. The normalized spacial score (nSPS) is 13.3. The highest BCUT2D eigenvalue weighted by Crippen LogP contribution is 2.13. The Morgan fingerprint density at radius 3 is 1.25 bits per heavy atom. The number of esters is 1. The number of hydrogen-bond donors (Lipinski definition) is 1. The van der Waals surface area contributed by atoms with Gasteiger partial charge in [0.05, 0.1) is 13.2 Å². The second-order valence-corrected chi connectivity index (χ2v) is 14.7. The molecule has 4 nitrogen and oxygen atoms in total. The van der Waals surface area contributed by atoms with E-state index in [1.54, 1.807) is 0 Å². The molecule has 0 aliphatic heterocycles. The van der Waals surface area contributed by atoms with Gasteiger partial charge in [0.25, 0.3) is 0 Å². The Bertz CT molecular complexity index is 1030. The van der Waals surface area contributed by atoms with Gasteiger partial charge in [0, 0.05) is 13.0 Å². The molecule has 1 atom stereocenters. The van der Waals surface area contributed by atoms with Gasteiger partial charge in [-0.2, -0.15) is 0 Å². The molecule has 314 valence electrons. The van der Waals surface area contributed by atoms with E-state index in [4.69, 9.17) is 9.47 Å². The Hall–Kier alpha value is -2.69. The van der Waals surface area contributed by atoms with Crippen molar-refractivity contribution in [3.63, 3.8) is 0 Å². The van der Waals surface area contributed by atoms with Crippen LogP contribution >= 0.6 is 0 Å². The molecule has 0 fully saturated rings. The van der Waals surface area contributed by atoms with Crippen molar-refractivity contribution in [1.82, 2.24) is 0 Å². The fraction of sp³-hybridized carbons (Fsp3) is 0.667. The summed E-state index contributed by atoms with van der Waals surface area (Å²) in [6.45, 7) is 5.16. The molecular weight excluding hydrogens is 677 g/mol. The maximum absolute atomic E-state index is 12.2. The van der Waals surface area contributed by atoms with E-state index in [-0.39, 0.29) is 19.2 Å². The van der Waals surface area contributed by atoms with E-state index in [0.29, 0.717) is 13.0 Å². The SMILES string of the molecule is CC/C=C\C/C=C\C/C=C\C/C=C\C/C=C\C/C=C\C/C=C\CCCC(=O)OC(CO)COCCCCCCCCCCCC/C=C\CCCCCCCC. The Labute approximate surface area is 341 Å². The van der Waals surface area contributed by atoms with Crippen LogP contribution in [0.15, 0.2) is 97.2 Å². The fourth-order valence-corrected chi connectivity index (χ4v) is 6.02. The summed E-state index contributed by atoms with van der Waals surface area (Å²) in [6.07, 6.45) is 67.6. The molecule has 0 rings (SSSR count). The molecule has 0 radical (unpaired) electrons. The largest absolute Gasteiger partial charge is 0.457 e.